The minimum absolute atomic E-state index is 0.376. The summed E-state index contributed by atoms with van der Waals surface area (Å²) in [4.78, 5) is 0. The Morgan fingerprint density at radius 1 is 1.00 bits per heavy atom. The van der Waals surface area contributed by atoms with Crippen LogP contribution in [0.1, 0.15) is 41.5 Å². The molecular weight excluding hydrogens is 152 g/mol. The molecule has 0 atom stereocenters. The van der Waals surface area contributed by atoms with Crippen LogP contribution in [0, 0.1) is 11.3 Å². The molecule has 0 nitrogen and oxygen atoms in total. The van der Waals surface area contributed by atoms with Crippen molar-refractivity contribution < 1.29 is 0 Å². The Morgan fingerprint density at radius 2 is 1.36 bits per heavy atom. The summed E-state index contributed by atoms with van der Waals surface area (Å²) in [5.74, 6) is 0.741. The molecule has 0 amide bonds. The number of hydrogen-bond acceptors (Lipinski definition) is 1. The minimum Gasteiger partial charge on any atom is -0.159 e. The van der Waals surface area contributed by atoms with Gasteiger partial charge >= 0.3 is 0 Å². The van der Waals surface area contributed by atoms with Crippen molar-refractivity contribution in [2.75, 3.05) is 6.26 Å². The van der Waals surface area contributed by atoms with E-state index >= 15 is 0 Å². The molecule has 0 N–H and O–H groups in total. The predicted molar refractivity (Wildman–Crippen MR) is 56.2 cm³/mol. The topological polar surface area (TPSA) is 0 Å². The fraction of sp³-hybridized carbons (Fsp3) is 1.00. The number of rotatable bonds is 3. The quantitative estimate of drug-likeness (QED) is 0.627. The second kappa shape index (κ2) is 3.38. The summed E-state index contributed by atoms with van der Waals surface area (Å²) in [6.07, 6.45) is 2.20. The average molecular weight is 174 g/mol. The first-order valence-electron chi connectivity index (χ1n) is 4.31. The minimum atomic E-state index is 0.376. The van der Waals surface area contributed by atoms with E-state index in [0.717, 1.165) is 5.92 Å². The molecule has 0 aliphatic rings. The van der Waals surface area contributed by atoms with Crippen molar-refractivity contribution in [1.82, 2.24) is 0 Å². The average Bonchev–Trinajstić information content (AvgIpc) is 1.87. The van der Waals surface area contributed by atoms with E-state index in [1.54, 1.807) is 0 Å². The zero-order chi connectivity index (χ0) is 9.28. The van der Waals surface area contributed by atoms with Gasteiger partial charge in [0, 0.05) is 4.75 Å². The lowest BCUT2D eigenvalue weighted by Gasteiger charge is -2.43. The van der Waals surface area contributed by atoms with Gasteiger partial charge in [-0.05, 0) is 17.6 Å². The van der Waals surface area contributed by atoms with Gasteiger partial charge in [0.1, 0.15) is 0 Å². The van der Waals surface area contributed by atoms with Crippen molar-refractivity contribution in [3.63, 3.8) is 0 Å². The van der Waals surface area contributed by atoms with Crippen LogP contribution in [-0.2, 0) is 0 Å². The maximum Gasteiger partial charge on any atom is 0.0154 e. The van der Waals surface area contributed by atoms with E-state index in [9.17, 15) is 0 Å². The molecule has 0 bridgehead atoms. The molecule has 1 heteroatoms. The first-order chi connectivity index (χ1) is 4.75. The number of hydrogen-bond donors (Lipinski definition) is 0. The van der Waals surface area contributed by atoms with E-state index in [-0.39, 0.29) is 0 Å². The first kappa shape index (κ1) is 11.4. The SMILES string of the molecule is CSC(C)(C)C(C)(C)C(C)C. The smallest absolute Gasteiger partial charge is 0.0154 e. The van der Waals surface area contributed by atoms with E-state index in [1.807, 2.05) is 11.8 Å². The summed E-state index contributed by atoms with van der Waals surface area (Å²) in [6.45, 7) is 14.0. The largest absolute Gasteiger partial charge is 0.159 e. The summed E-state index contributed by atoms with van der Waals surface area (Å²) >= 11 is 1.96. The third kappa shape index (κ3) is 2.14. The van der Waals surface area contributed by atoms with Gasteiger partial charge in [-0.3, -0.25) is 0 Å². The Hall–Kier alpha value is 0.350. The van der Waals surface area contributed by atoms with E-state index < -0.39 is 0 Å². The Labute approximate surface area is 76.1 Å². The third-order valence-electron chi connectivity index (χ3n) is 3.51. The molecule has 0 heterocycles. The molecule has 11 heavy (non-hydrogen) atoms. The van der Waals surface area contributed by atoms with Crippen molar-refractivity contribution in [2.24, 2.45) is 11.3 Å². The van der Waals surface area contributed by atoms with Crippen LogP contribution < -0.4 is 0 Å². The van der Waals surface area contributed by atoms with Crippen LogP contribution in [-0.4, -0.2) is 11.0 Å². The highest BCUT2D eigenvalue weighted by atomic mass is 32.2. The second-order valence-electron chi connectivity index (χ2n) is 4.59. The predicted octanol–water partition coefficient (Wildman–Crippen LogP) is 3.81. The van der Waals surface area contributed by atoms with E-state index in [4.69, 9.17) is 0 Å². The third-order valence-corrected chi connectivity index (χ3v) is 5.05. The molecule has 68 valence electrons. The van der Waals surface area contributed by atoms with Gasteiger partial charge in [0.25, 0.3) is 0 Å². The molecule has 0 rings (SSSR count). The van der Waals surface area contributed by atoms with Crippen molar-refractivity contribution in [3.05, 3.63) is 0 Å². The van der Waals surface area contributed by atoms with Crippen LogP contribution in [0.4, 0.5) is 0 Å². The zero-order valence-electron chi connectivity index (χ0n) is 8.99. The molecule has 0 aliphatic carbocycles. The lowest BCUT2D eigenvalue weighted by Crippen LogP contribution is -2.39. The summed E-state index contributed by atoms with van der Waals surface area (Å²) in [5.41, 5.74) is 0.409. The molecule has 0 saturated carbocycles. The van der Waals surface area contributed by atoms with Crippen LogP contribution in [0.3, 0.4) is 0 Å². The summed E-state index contributed by atoms with van der Waals surface area (Å²) in [5, 5.41) is 0. The Morgan fingerprint density at radius 3 is 1.45 bits per heavy atom. The van der Waals surface area contributed by atoms with Crippen molar-refractivity contribution >= 4 is 11.8 Å². The fourth-order valence-corrected chi connectivity index (χ4v) is 1.72. The van der Waals surface area contributed by atoms with Crippen LogP contribution in [0.5, 0.6) is 0 Å². The highest BCUT2D eigenvalue weighted by Gasteiger charge is 2.38. The van der Waals surface area contributed by atoms with Crippen molar-refractivity contribution in [3.8, 4) is 0 Å². The van der Waals surface area contributed by atoms with Crippen LogP contribution in [0.25, 0.3) is 0 Å². The number of thioether (sulfide) groups is 1. The highest BCUT2D eigenvalue weighted by molar-refractivity contribution is 7.99. The van der Waals surface area contributed by atoms with Gasteiger partial charge in [0.15, 0.2) is 0 Å². The monoisotopic (exact) mass is 174 g/mol. The second-order valence-corrected chi connectivity index (χ2v) is 6.02. The molecule has 0 aromatic rings. The Bertz CT molecular complexity index is 123. The Balaban J connectivity index is 4.53. The zero-order valence-corrected chi connectivity index (χ0v) is 9.80. The van der Waals surface area contributed by atoms with Gasteiger partial charge in [-0.2, -0.15) is 11.8 Å². The standard InChI is InChI=1S/C10H22S/c1-8(2)9(3,4)10(5,6)11-7/h8H,1-7H3. The molecule has 0 fully saturated rings. The molecule has 0 aromatic carbocycles. The highest BCUT2D eigenvalue weighted by Crippen LogP contribution is 2.45. The van der Waals surface area contributed by atoms with Crippen LogP contribution >= 0.6 is 11.8 Å². The maximum atomic E-state index is 2.36. The normalized spacial score (nSPS) is 14.2. The molecule has 0 radical (unpaired) electrons. The van der Waals surface area contributed by atoms with Gasteiger partial charge in [-0.15, -0.1) is 0 Å². The van der Waals surface area contributed by atoms with Gasteiger partial charge in [-0.1, -0.05) is 41.5 Å². The summed E-state index contributed by atoms with van der Waals surface area (Å²) < 4.78 is 0.376. The van der Waals surface area contributed by atoms with Gasteiger partial charge < -0.3 is 0 Å². The molecule has 0 spiro atoms. The fourth-order valence-electron chi connectivity index (χ4n) is 0.958. The molecule has 0 saturated heterocycles. The van der Waals surface area contributed by atoms with E-state index in [2.05, 4.69) is 47.8 Å². The maximum absolute atomic E-state index is 2.36. The van der Waals surface area contributed by atoms with Crippen LogP contribution in [0.2, 0.25) is 0 Å². The lowest BCUT2D eigenvalue weighted by molar-refractivity contribution is 0.192. The lowest BCUT2D eigenvalue weighted by atomic mass is 9.72. The molecule has 0 aliphatic heterocycles. The molecule has 0 unspecified atom stereocenters. The van der Waals surface area contributed by atoms with Gasteiger partial charge in [0.2, 0.25) is 0 Å². The van der Waals surface area contributed by atoms with Crippen molar-refractivity contribution in [2.45, 2.75) is 46.3 Å². The Kier molecular flexibility index (Phi) is 3.49. The molecular formula is C10H22S. The van der Waals surface area contributed by atoms with Crippen LogP contribution in [0.15, 0.2) is 0 Å². The van der Waals surface area contributed by atoms with E-state index in [0.29, 0.717) is 10.2 Å². The van der Waals surface area contributed by atoms with Gasteiger partial charge in [-0.25, -0.2) is 0 Å². The summed E-state index contributed by atoms with van der Waals surface area (Å²) in [7, 11) is 0. The first-order valence-corrected chi connectivity index (χ1v) is 5.53. The molecule has 0 aromatic heterocycles. The van der Waals surface area contributed by atoms with Gasteiger partial charge in [0.05, 0.1) is 0 Å². The summed E-state index contributed by atoms with van der Waals surface area (Å²) in [6, 6.07) is 0. The van der Waals surface area contributed by atoms with Crippen molar-refractivity contribution in [1.29, 1.82) is 0 Å². The van der Waals surface area contributed by atoms with E-state index in [1.165, 1.54) is 0 Å².